The number of halogens is 2. The van der Waals surface area contributed by atoms with E-state index in [1.54, 1.807) is 29.5 Å². The van der Waals surface area contributed by atoms with Crippen molar-refractivity contribution in [3.8, 4) is 5.75 Å². The smallest absolute Gasteiger partial charge is 0.261 e. The Bertz CT molecular complexity index is 701. The van der Waals surface area contributed by atoms with Crippen molar-refractivity contribution in [2.45, 2.75) is 19.4 Å². The first-order valence-electron chi connectivity index (χ1n) is 7.00. The summed E-state index contributed by atoms with van der Waals surface area (Å²) in [6.45, 7) is 2.74. The highest BCUT2D eigenvalue weighted by atomic mass is 35.5. The SMILES string of the molecule is C[C@@H]1c2ccsc2CCN1C(=O)COc1cc(Cl)ccc1Cl. The van der Waals surface area contributed by atoms with Crippen LogP contribution in [0.5, 0.6) is 5.75 Å². The number of carbonyl (C=O) groups excluding carboxylic acids is 1. The first-order chi connectivity index (χ1) is 10.6. The van der Waals surface area contributed by atoms with Crippen molar-refractivity contribution < 1.29 is 9.53 Å². The molecule has 0 radical (unpaired) electrons. The highest BCUT2D eigenvalue weighted by Gasteiger charge is 2.28. The predicted octanol–water partition coefficient (Wildman–Crippen LogP) is 4.58. The number of amides is 1. The van der Waals surface area contributed by atoms with Gasteiger partial charge in [-0.2, -0.15) is 0 Å². The van der Waals surface area contributed by atoms with Crippen LogP contribution in [0.25, 0.3) is 0 Å². The molecule has 1 aromatic carbocycles. The van der Waals surface area contributed by atoms with Crippen molar-refractivity contribution in [3.05, 3.63) is 50.1 Å². The molecule has 0 unspecified atom stereocenters. The Morgan fingerprint density at radius 1 is 1.41 bits per heavy atom. The summed E-state index contributed by atoms with van der Waals surface area (Å²) in [6, 6.07) is 7.14. The van der Waals surface area contributed by atoms with E-state index in [1.165, 1.54) is 10.4 Å². The molecule has 1 aromatic heterocycles. The number of carbonyl (C=O) groups is 1. The van der Waals surface area contributed by atoms with Gasteiger partial charge in [0.15, 0.2) is 6.61 Å². The number of thiophene rings is 1. The second-order valence-electron chi connectivity index (χ2n) is 5.18. The molecule has 0 aliphatic carbocycles. The molecule has 1 atom stereocenters. The summed E-state index contributed by atoms with van der Waals surface area (Å²) >= 11 is 13.7. The Morgan fingerprint density at radius 3 is 3.05 bits per heavy atom. The van der Waals surface area contributed by atoms with Gasteiger partial charge in [0.1, 0.15) is 5.75 Å². The second kappa shape index (κ2) is 6.49. The normalized spacial score (nSPS) is 17.2. The number of hydrogen-bond donors (Lipinski definition) is 0. The van der Waals surface area contributed by atoms with Crippen molar-refractivity contribution in [2.24, 2.45) is 0 Å². The highest BCUT2D eigenvalue weighted by molar-refractivity contribution is 7.10. The number of benzene rings is 1. The predicted molar refractivity (Wildman–Crippen MR) is 90.1 cm³/mol. The van der Waals surface area contributed by atoms with Gasteiger partial charge < -0.3 is 9.64 Å². The van der Waals surface area contributed by atoms with E-state index in [0.29, 0.717) is 15.8 Å². The van der Waals surface area contributed by atoms with Crippen LogP contribution in [-0.4, -0.2) is 24.0 Å². The maximum absolute atomic E-state index is 12.4. The van der Waals surface area contributed by atoms with Gasteiger partial charge in [0.2, 0.25) is 0 Å². The fourth-order valence-electron chi connectivity index (χ4n) is 2.66. The van der Waals surface area contributed by atoms with E-state index in [9.17, 15) is 4.79 Å². The molecule has 0 bridgehead atoms. The second-order valence-corrected chi connectivity index (χ2v) is 7.02. The van der Waals surface area contributed by atoms with Gasteiger partial charge in [-0.05, 0) is 42.5 Å². The van der Waals surface area contributed by atoms with Gasteiger partial charge in [0, 0.05) is 22.5 Å². The third kappa shape index (κ3) is 3.09. The van der Waals surface area contributed by atoms with E-state index >= 15 is 0 Å². The molecule has 0 spiro atoms. The van der Waals surface area contributed by atoms with Crippen LogP contribution in [0, 0.1) is 0 Å². The quantitative estimate of drug-likeness (QED) is 0.806. The molecule has 3 nitrogen and oxygen atoms in total. The molecule has 116 valence electrons. The van der Waals surface area contributed by atoms with Crippen molar-refractivity contribution in [3.63, 3.8) is 0 Å². The Labute approximate surface area is 143 Å². The minimum absolute atomic E-state index is 0.0378. The maximum Gasteiger partial charge on any atom is 0.261 e. The molecule has 0 saturated carbocycles. The van der Waals surface area contributed by atoms with Crippen LogP contribution < -0.4 is 4.74 Å². The van der Waals surface area contributed by atoms with E-state index in [1.807, 2.05) is 4.90 Å². The number of hydrogen-bond acceptors (Lipinski definition) is 3. The number of fused-ring (bicyclic) bond motifs is 1. The molecule has 0 fully saturated rings. The zero-order valence-electron chi connectivity index (χ0n) is 12.0. The Morgan fingerprint density at radius 2 is 2.23 bits per heavy atom. The van der Waals surface area contributed by atoms with Crippen molar-refractivity contribution in [2.75, 3.05) is 13.2 Å². The minimum Gasteiger partial charge on any atom is -0.482 e. The van der Waals surface area contributed by atoms with E-state index in [0.717, 1.165) is 13.0 Å². The summed E-state index contributed by atoms with van der Waals surface area (Å²) < 4.78 is 5.55. The van der Waals surface area contributed by atoms with E-state index in [2.05, 4.69) is 18.4 Å². The lowest BCUT2D eigenvalue weighted by Gasteiger charge is -2.33. The van der Waals surface area contributed by atoms with Crippen molar-refractivity contribution in [1.29, 1.82) is 0 Å². The van der Waals surface area contributed by atoms with Crippen LogP contribution in [-0.2, 0) is 11.2 Å². The topological polar surface area (TPSA) is 29.5 Å². The lowest BCUT2D eigenvalue weighted by molar-refractivity contribution is -0.135. The zero-order chi connectivity index (χ0) is 15.7. The summed E-state index contributed by atoms with van der Waals surface area (Å²) in [5.74, 6) is 0.392. The largest absolute Gasteiger partial charge is 0.482 e. The molecule has 0 saturated heterocycles. The molecule has 1 amide bonds. The minimum atomic E-state index is -0.0413. The molecule has 0 N–H and O–H groups in total. The van der Waals surface area contributed by atoms with Crippen LogP contribution in [0.2, 0.25) is 10.0 Å². The first-order valence-corrected chi connectivity index (χ1v) is 8.63. The van der Waals surface area contributed by atoms with Gasteiger partial charge in [0.25, 0.3) is 5.91 Å². The lowest BCUT2D eigenvalue weighted by Crippen LogP contribution is -2.40. The lowest BCUT2D eigenvalue weighted by atomic mass is 10.0. The summed E-state index contributed by atoms with van der Waals surface area (Å²) in [6.07, 6.45) is 0.904. The van der Waals surface area contributed by atoms with E-state index < -0.39 is 0 Å². The Balaban J connectivity index is 1.67. The standard InChI is InChI=1S/C16H15Cl2NO2S/c1-10-12-5-7-22-15(12)4-6-19(10)16(20)9-21-14-8-11(17)2-3-13(14)18/h2-3,5,7-8,10H,4,6,9H2,1H3/t10-/m1/s1. The molecular formula is C16H15Cl2NO2S. The fourth-order valence-corrected chi connectivity index (χ4v) is 3.96. The van der Waals surface area contributed by atoms with Crippen LogP contribution in [0.1, 0.15) is 23.4 Å². The Hall–Kier alpha value is -1.23. The summed E-state index contributed by atoms with van der Waals surface area (Å²) in [7, 11) is 0. The van der Waals surface area contributed by atoms with Gasteiger partial charge in [0.05, 0.1) is 11.1 Å². The molecule has 22 heavy (non-hydrogen) atoms. The fraction of sp³-hybridized carbons (Fsp3) is 0.312. The van der Waals surface area contributed by atoms with Crippen LogP contribution in [0.3, 0.4) is 0 Å². The highest BCUT2D eigenvalue weighted by Crippen LogP contribution is 2.33. The zero-order valence-corrected chi connectivity index (χ0v) is 14.3. The van der Waals surface area contributed by atoms with E-state index in [-0.39, 0.29) is 18.6 Å². The van der Waals surface area contributed by atoms with Gasteiger partial charge in [-0.15, -0.1) is 11.3 Å². The van der Waals surface area contributed by atoms with Gasteiger partial charge in [-0.1, -0.05) is 23.2 Å². The van der Waals surface area contributed by atoms with Gasteiger partial charge >= 0.3 is 0 Å². The molecule has 6 heteroatoms. The average Bonchev–Trinajstić information content (AvgIpc) is 2.98. The molecule has 3 rings (SSSR count). The molecule has 2 heterocycles. The monoisotopic (exact) mass is 355 g/mol. The number of rotatable bonds is 3. The third-order valence-electron chi connectivity index (χ3n) is 3.84. The average molecular weight is 356 g/mol. The molecule has 2 aromatic rings. The summed E-state index contributed by atoms with van der Waals surface area (Å²) in [4.78, 5) is 15.7. The van der Waals surface area contributed by atoms with Crippen LogP contribution >= 0.6 is 34.5 Å². The van der Waals surface area contributed by atoms with Crippen molar-refractivity contribution in [1.82, 2.24) is 4.90 Å². The van der Waals surface area contributed by atoms with Crippen molar-refractivity contribution >= 4 is 40.4 Å². The van der Waals surface area contributed by atoms with Gasteiger partial charge in [-0.25, -0.2) is 0 Å². The number of ether oxygens (including phenoxy) is 1. The first kappa shape index (κ1) is 15.7. The molecular weight excluding hydrogens is 341 g/mol. The van der Waals surface area contributed by atoms with Crippen LogP contribution in [0.4, 0.5) is 0 Å². The summed E-state index contributed by atoms with van der Waals surface area (Å²) in [5.41, 5.74) is 1.24. The third-order valence-corrected chi connectivity index (χ3v) is 5.39. The molecule has 1 aliphatic heterocycles. The summed E-state index contributed by atoms with van der Waals surface area (Å²) in [5, 5.41) is 3.06. The number of nitrogens with zero attached hydrogens (tertiary/aromatic N) is 1. The Kier molecular flexibility index (Phi) is 4.62. The van der Waals surface area contributed by atoms with E-state index in [4.69, 9.17) is 27.9 Å². The molecule has 1 aliphatic rings. The maximum atomic E-state index is 12.4. The van der Waals surface area contributed by atoms with Crippen LogP contribution in [0.15, 0.2) is 29.6 Å². The van der Waals surface area contributed by atoms with Gasteiger partial charge in [-0.3, -0.25) is 4.79 Å².